The Morgan fingerprint density at radius 3 is 2.74 bits per heavy atom. The molecule has 0 aliphatic heterocycles. The molecule has 0 fully saturated rings. The highest BCUT2D eigenvalue weighted by atomic mass is 35.5. The smallest absolute Gasteiger partial charge is 0.351 e. The lowest BCUT2D eigenvalue weighted by molar-refractivity contribution is 0.620. The molecule has 0 saturated carbocycles. The lowest BCUT2D eigenvalue weighted by atomic mass is 10.2. The van der Waals surface area contributed by atoms with Crippen molar-refractivity contribution in [1.29, 1.82) is 0 Å². The minimum atomic E-state index is -0.739. The van der Waals surface area contributed by atoms with Crippen LogP contribution in [0.15, 0.2) is 43.7 Å². The zero-order valence-corrected chi connectivity index (χ0v) is 12.9. The van der Waals surface area contributed by atoms with Gasteiger partial charge >= 0.3 is 11.4 Å². The Morgan fingerprint density at radius 2 is 1.96 bits per heavy atom. The maximum atomic E-state index is 11.5. The summed E-state index contributed by atoms with van der Waals surface area (Å²) in [7, 11) is 0. The van der Waals surface area contributed by atoms with Gasteiger partial charge in [-0.2, -0.15) is 4.98 Å². The standard InChI is InChI=1S/C14H7ClN4O3S/c15-6-5-23-10(11-17-13(20)19-14(21)18-11)9(6)12-16-7-3-1-2-4-8(7)22-12/h1-5H,(H2,17,18,19,20,21). The number of hydrogen-bond acceptors (Lipinski definition) is 6. The van der Waals surface area contributed by atoms with Gasteiger partial charge in [-0.05, 0) is 12.1 Å². The Kier molecular flexibility index (Phi) is 3.14. The number of H-pyrrole nitrogens is 2. The van der Waals surface area contributed by atoms with Crippen LogP contribution in [-0.2, 0) is 0 Å². The third-order valence-corrected chi connectivity index (χ3v) is 4.55. The average molecular weight is 347 g/mol. The number of fused-ring (bicyclic) bond motifs is 1. The van der Waals surface area contributed by atoms with Crippen LogP contribution < -0.4 is 11.4 Å². The molecule has 7 nitrogen and oxygen atoms in total. The maximum Gasteiger partial charge on any atom is 0.351 e. The predicted molar refractivity (Wildman–Crippen MR) is 86.8 cm³/mol. The summed E-state index contributed by atoms with van der Waals surface area (Å²) in [6.07, 6.45) is 0. The molecule has 0 aliphatic rings. The summed E-state index contributed by atoms with van der Waals surface area (Å²) in [4.78, 5) is 36.1. The molecular weight excluding hydrogens is 340 g/mol. The molecule has 3 heterocycles. The molecule has 1 aromatic carbocycles. The first kappa shape index (κ1) is 13.9. The second kappa shape index (κ2) is 5.18. The first-order valence-corrected chi connectivity index (χ1v) is 7.71. The van der Waals surface area contributed by atoms with Gasteiger partial charge in [-0.25, -0.2) is 14.6 Å². The van der Waals surface area contributed by atoms with E-state index in [0.717, 1.165) is 0 Å². The average Bonchev–Trinajstić information content (AvgIpc) is 3.08. The second-order valence-electron chi connectivity index (χ2n) is 4.62. The number of para-hydroxylation sites is 2. The third-order valence-electron chi connectivity index (χ3n) is 3.13. The van der Waals surface area contributed by atoms with Crippen LogP contribution in [0.25, 0.3) is 33.3 Å². The fourth-order valence-electron chi connectivity index (χ4n) is 2.19. The molecule has 4 aromatic rings. The number of nitrogens with one attached hydrogen (secondary N) is 2. The Hall–Kier alpha value is -2.71. The van der Waals surface area contributed by atoms with Gasteiger partial charge in [-0.3, -0.25) is 9.97 Å². The molecule has 114 valence electrons. The third kappa shape index (κ3) is 2.37. The molecule has 23 heavy (non-hydrogen) atoms. The highest BCUT2D eigenvalue weighted by molar-refractivity contribution is 7.14. The Labute approximate surface area is 136 Å². The number of oxazole rings is 1. The van der Waals surface area contributed by atoms with Crippen LogP contribution in [0.3, 0.4) is 0 Å². The number of hydrogen-bond donors (Lipinski definition) is 2. The number of aromatic amines is 2. The molecule has 3 aromatic heterocycles. The van der Waals surface area contributed by atoms with Crippen LogP contribution in [0.2, 0.25) is 5.02 Å². The summed E-state index contributed by atoms with van der Waals surface area (Å²) in [5, 5.41) is 2.07. The molecular formula is C14H7ClN4O3S. The number of halogens is 1. The summed E-state index contributed by atoms with van der Waals surface area (Å²) in [6, 6.07) is 7.29. The van der Waals surface area contributed by atoms with Crippen LogP contribution in [0.1, 0.15) is 0 Å². The SMILES string of the molecule is O=c1nc(-c2scc(Cl)c2-c2nc3ccccc3o2)[nH]c(=O)[nH]1. The van der Waals surface area contributed by atoms with Crippen molar-refractivity contribution in [2.45, 2.75) is 0 Å². The number of rotatable bonds is 2. The van der Waals surface area contributed by atoms with Crippen molar-refractivity contribution in [2.75, 3.05) is 0 Å². The molecule has 0 radical (unpaired) electrons. The van der Waals surface area contributed by atoms with Crippen LogP contribution in [0, 0.1) is 0 Å². The molecule has 0 spiro atoms. The van der Waals surface area contributed by atoms with Gasteiger partial charge in [0.15, 0.2) is 11.4 Å². The van der Waals surface area contributed by atoms with Gasteiger partial charge in [0.25, 0.3) is 0 Å². The fourth-order valence-corrected chi connectivity index (χ4v) is 3.42. The monoisotopic (exact) mass is 346 g/mol. The van der Waals surface area contributed by atoms with Crippen molar-refractivity contribution in [3.8, 4) is 22.2 Å². The van der Waals surface area contributed by atoms with E-state index in [-0.39, 0.29) is 5.82 Å². The van der Waals surface area contributed by atoms with E-state index in [1.807, 2.05) is 23.2 Å². The molecule has 0 bridgehead atoms. The molecule has 0 aliphatic carbocycles. The van der Waals surface area contributed by atoms with Gasteiger partial charge in [0.05, 0.1) is 15.5 Å². The van der Waals surface area contributed by atoms with E-state index < -0.39 is 11.4 Å². The normalized spacial score (nSPS) is 11.2. The first-order chi connectivity index (χ1) is 11.1. The molecule has 4 rings (SSSR count). The molecule has 0 unspecified atom stereocenters. The number of benzene rings is 1. The van der Waals surface area contributed by atoms with E-state index in [1.54, 1.807) is 11.4 Å². The molecule has 0 atom stereocenters. The number of aromatic nitrogens is 4. The fraction of sp³-hybridized carbons (Fsp3) is 0. The minimum absolute atomic E-state index is 0.118. The van der Waals surface area contributed by atoms with Gasteiger partial charge in [-0.15, -0.1) is 11.3 Å². The van der Waals surface area contributed by atoms with Crippen molar-refractivity contribution < 1.29 is 4.42 Å². The van der Waals surface area contributed by atoms with Crippen LogP contribution >= 0.6 is 22.9 Å². The van der Waals surface area contributed by atoms with Gasteiger partial charge in [0, 0.05) is 5.38 Å². The first-order valence-electron chi connectivity index (χ1n) is 6.46. The molecule has 2 N–H and O–H groups in total. The zero-order valence-electron chi connectivity index (χ0n) is 11.3. The summed E-state index contributed by atoms with van der Waals surface area (Å²) in [5.41, 5.74) is 0.401. The summed E-state index contributed by atoms with van der Waals surface area (Å²) < 4.78 is 5.72. The van der Waals surface area contributed by atoms with E-state index in [4.69, 9.17) is 16.0 Å². The highest BCUT2D eigenvalue weighted by Gasteiger charge is 2.21. The Bertz CT molecular complexity index is 1080. The summed E-state index contributed by atoms with van der Waals surface area (Å²) >= 11 is 7.48. The van der Waals surface area contributed by atoms with E-state index in [1.165, 1.54) is 11.3 Å². The summed E-state index contributed by atoms with van der Waals surface area (Å²) in [5.74, 6) is 0.420. The number of thiophene rings is 1. The van der Waals surface area contributed by atoms with Crippen molar-refractivity contribution >= 4 is 34.0 Å². The predicted octanol–water partition coefficient (Wildman–Crippen LogP) is 2.65. The second-order valence-corrected chi connectivity index (χ2v) is 5.91. The van der Waals surface area contributed by atoms with E-state index in [0.29, 0.717) is 32.5 Å². The number of nitrogens with zero attached hydrogens (tertiary/aromatic N) is 2. The van der Waals surface area contributed by atoms with E-state index in [9.17, 15) is 9.59 Å². The van der Waals surface area contributed by atoms with Gasteiger partial charge < -0.3 is 4.42 Å². The molecule has 0 saturated heterocycles. The highest BCUT2D eigenvalue weighted by Crippen LogP contribution is 2.41. The van der Waals surface area contributed by atoms with Crippen molar-refractivity contribution in [3.05, 3.63) is 55.6 Å². The minimum Gasteiger partial charge on any atom is -0.436 e. The lowest BCUT2D eigenvalue weighted by Gasteiger charge is -1.99. The van der Waals surface area contributed by atoms with Crippen molar-refractivity contribution in [1.82, 2.24) is 19.9 Å². The van der Waals surface area contributed by atoms with E-state index >= 15 is 0 Å². The van der Waals surface area contributed by atoms with Crippen LogP contribution in [0.4, 0.5) is 0 Å². The topological polar surface area (TPSA) is 105 Å². The van der Waals surface area contributed by atoms with Crippen LogP contribution in [-0.4, -0.2) is 19.9 Å². The van der Waals surface area contributed by atoms with Crippen LogP contribution in [0.5, 0.6) is 0 Å². The van der Waals surface area contributed by atoms with Crippen molar-refractivity contribution in [2.24, 2.45) is 0 Å². The quantitative estimate of drug-likeness (QED) is 0.580. The Balaban J connectivity index is 1.97. The van der Waals surface area contributed by atoms with Gasteiger partial charge in [-0.1, -0.05) is 23.7 Å². The molecule has 9 heteroatoms. The summed E-state index contributed by atoms with van der Waals surface area (Å²) in [6.45, 7) is 0. The van der Waals surface area contributed by atoms with E-state index in [2.05, 4.69) is 15.0 Å². The van der Waals surface area contributed by atoms with Gasteiger partial charge in [0.1, 0.15) is 5.52 Å². The maximum absolute atomic E-state index is 11.5. The lowest BCUT2D eigenvalue weighted by Crippen LogP contribution is -2.25. The van der Waals surface area contributed by atoms with Crippen molar-refractivity contribution in [3.63, 3.8) is 0 Å². The Morgan fingerprint density at radius 1 is 1.13 bits per heavy atom. The van der Waals surface area contributed by atoms with Gasteiger partial charge in [0.2, 0.25) is 5.89 Å². The largest absolute Gasteiger partial charge is 0.436 e. The molecule has 0 amide bonds. The zero-order chi connectivity index (χ0) is 16.0.